The number of nitrogens with zero attached hydrogens (tertiary/aromatic N) is 2. The lowest BCUT2D eigenvalue weighted by Crippen LogP contribution is -2.39. The number of carbonyl (C=O) groups is 1. The number of fused-ring (bicyclic) bond motifs is 2. The van der Waals surface area contributed by atoms with E-state index < -0.39 is 0 Å². The van der Waals surface area contributed by atoms with Crippen LogP contribution in [0.15, 0.2) is 24.4 Å². The third-order valence-corrected chi connectivity index (χ3v) is 4.41. The number of amides is 1. The number of carbonyl (C=O) groups excluding carboxylic acids is 1. The molecule has 0 fully saturated rings. The van der Waals surface area contributed by atoms with Gasteiger partial charge in [-0.05, 0) is 36.2 Å². The Kier molecular flexibility index (Phi) is 4.13. The Bertz CT molecular complexity index is 840. The minimum atomic E-state index is -0.0373. The van der Waals surface area contributed by atoms with Crippen molar-refractivity contribution in [3.05, 3.63) is 40.5 Å². The number of anilines is 1. The SMILES string of the molecule is Cc1cnc2c(c1)N(C(=O)Cc1cc(Cl)c3c(c1)OCCO3)CCO2. The summed E-state index contributed by atoms with van der Waals surface area (Å²) in [6, 6.07) is 5.48. The maximum Gasteiger partial charge on any atom is 0.238 e. The number of aromatic nitrogens is 1. The van der Waals surface area contributed by atoms with E-state index in [1.54, 1.807) is 17.2 Å². The molecule has 0 atom stereocenters. The summed E-state index contributed by atoms with van der Waals surface area (Å²) in [6.07, 6.45) is 1.94. The molecule has 0 bridgehead atoms. The summed E-state index contributed by atoms with van der Waals surface area (Å²) in [4.78, 5) is 18.8. The first-order valence-electron chi connectivity index (χ1n) is 8.09. The Balaban J connectivity index is 1.59. The predicted octanol–water partition coefficient (Wildman–Crippen LogP) is 2.78. The smallest absolute Gasteiger partial charge is 0.238 e. The molecule has 130 valence electrons. The molecule has 25 heavy (non-hydrogen) atoms. The van der Waals surface area contributed by atoms with Crippen LogP contribution in [-0.4, -0.2) is 37.3 Å². The number of aryl methyl sites for hydroxylation is 1. The fourth-order valence-corrected chi connectivity index (χ4v) is 3.28. The second-order valence-electron chi connectivity index (χ2n) is 6.01. The van der Waals surface area contributed by atoms with Crippen molar-refractivity contribution < 1.29 is 19.0 Å². The Labute approximate surface area is 150 Å². The van der Waals surface area contributed by atoms with Crippen LogP contribution in [0, 0.1) is 6.92 Å². The van der Waals surface area contributed by atoms with E-state index in [2.05, 4.69) is 4.98 Å². The predicted molar refractivity (Wildman–Crippen MR) is 93.0 cm³/mol. The zero-order valence-corrected chi connectivity index (χ0v) is 14.5. The van der Waals surface area contributed by atoms with Crippen LogP contribution in [0.4, 0.5) is 5.69 Å². The number of pyridine rings is 1. The van der Waals surface area contributed by atoms with E-state index in [-0.39, 0.29) is 12.3 Å². The molecule has 2 aromatic rings. The summed E-state index contributed by atoms with van der Waals surface area (Å²) in [5.74, 6) is 1.58. The van der Waals surface area contributed by atoms with Crippen LogP contribution < -0.4 is 19.1 Å². The highest BCUT2D eigenvalue weighted by Gasteiger charge is 2.26. The second-order valence-corrected chi connectivity index (χ2v) is 6.42. The molecule has 0 aliphatic carbocycles. The van der Waals surface area contributed by atoms with E-state index >= 15 is 0 Å². The van der Waals surface area contributed by atoms with E-state index in [0.717, 1.165) is 11.1 Å². The highest BCUT2D eigenvalue weighted by atomic mass is 35.5. The monoisotopic (exact) mass is 360 g/mol. The molecule has 0 N–H and O–H groups in total. The number of ether oxygens (including phenoxy) is 3. The third-order valence-electron chi connectivity index (χ3n) is 4.13. The van der Waals surface area contributed by atoms with Crippen molar-refractivity contribution in [1.29, 1.82) is 0 Å². The van der Waals surface area contributed by atoms with Gasteiger partial charge in [-0.25, -0.2) is 4.98 Å². The topological polar surface area (TPSA) is 60.9 Å². The van der Waals surface area contributed by atoms with Gasteiger partial charge in [-0.3, -0.25) is 4.79 Å². The lowest BCUT2D eigenvalue weighted by atomic mass is 10.1. The van der Waals surface area contributed by atoms with E-state index in [0.29, 0.717) is 54.5 Å². The summed E-state index contributed by atoms with van der Waals surface area (Å²) in [6.45, 7) is 3.81. The van der Waals surface area contributed by atoms with Crippen LogP contribution in [0.3, 0.4) is 0 Å². The molecule has 2 aliphatic rings. The molecule has 0 unspecified atom stereocenters. The fourth-order valence-electron chi connectivity index (χ4n) is 3.00. The summed E-state index contributed by atoms with van der Waals surface area (Å²) >= 11 is 6.26. The van der Waals surface area contributed by atoms with Gasteiger partial charge in [0.25, 0.3) is 0 Å². The zero-order valence-electron chi connectivity index (χ0n) is 13.8. The number of hydrogen-bond donors (Lipinski definition) is 0. The second kappa shape index (κ2) is 6.44. The van der Waals surface area contributed by atoms with Gasteiger partial charge in [-0.2, -0.15) is 0 Å². The van der Waals surface area contributed by atoms with Crippen LogP contribution in [-0.2, 0) is 11.2 Å². The van der Waals surface area contributed by atoms with Gasteiger partial charge >= 0.3 is 0 Å². The molecule has 6 nitrogen and oxygen atoms in total. The Morgan fingerprint density at radius 2 is 2.04 bits per heavy atom. The van der Waals surface area contributed by atoms with Crippen molar-refractivity contribution in [3.63, 3.8) is 0 Å². The molecule has 0 saturated heterocycles. The van der Waals surface area contributed by atoms with E-state index in [4.69, 9.17) is 25.8 Å². The zero-order chi connectivity index (χ0) is 17.4. The molecule has 0 radical (unpaired) electrons. The Hall–Kier alpha value is -2.47. The lowest BCUT2D eigenvalue weighted by molar-refractivity contribution is -0.118. The van der Waals surface area contributed by atoms with Crippen LogP contribution >= 0.6 is 11.6 Å². The molecule has 1 aromatic carbocycles. The first-order chi connectivity index (χ1) is 12.1. The number of rotatable bonds is 2. The molecular formula is C18H17ClN2O4. The number of hydrogen-bond acceptors (Lipinski definition) is 5. The summed E-state index contributed by atoms with van der Waals surface area (Å²) in [5.41, 5.74) is 2.47. The molecule has 2 aliphatic heterocycles. The van der Waals surface area contributed by atoms with Gasteiger partial charge in [0.05, 0.1) is 18.0 Å². The van der Waals surface area contributed by atoms with Crippen LogP contribution in [0.1, 0.15) is 11.1 Å². The summed E-state index contributed by atoms with van der Waals surface area (Å²) in [7, 11) is 0. The van der Waals surface area contributed by atoms with Crippen molar-refractivity contribution in [2.24, 2.45) is 0 Å². The van der Waals surface area contributed by atoms with E-state index in [1.165, 1.54) is 0 Å². The summed E-state index contributed by atoms with van der Waals surface area (Å²) in [5, 5.41) is 0.458. The first-order valence-corrected chi connectivity index (χ1v) is 8.47. The molecule has 0 spiro atoms. The number of benzene rings is 1. The van der Waals surface area contributed by atoms with E-state index in [9.17, 15) is 4.79 Å². The number of halogens is 1. The normalized spacial score (nSPS) is 15.4. The Morgan fingerprint density at radius 3 is 2.92 bits per heavy atom. The van der Waals surface area contributed by atoms with Gasteiger partial charge in [-0.15, -0.1) is 0 Å². The largest absolute Gasteiger partial charge is 0.486 e. The van der Waals surface area contributed by atoms with Gasteiger partial charge in [0.15, 0.2) is 11.5 Å². The quantitative estimate of drug-likeness (QED) is 0.824. The van der Waals surface area contributed by atoms with Crippen molar-refractivity contribution in [2.75, 3.05) is 31.3 Å². The first kappa shape index (κ1) is 16.0. The maximum absolute atomic E-state index is 12.8. The average Bonchev–Trinajstić information content (AvgIpc) is 2.61. The molecular weight excluding hydrogens is 344 g/mol. The van der Waals surface area contributed by atoms with Gasteiger partial charge < -0.3 is 19.1 Å². The van der Waals surface area contributed by atoms with Gasteiger partial charge in [0, 0.05) is 6.20 Å². The van der Waals surface area contributed by atoms with Crippen molar-refractivity contribution in [3.8, 4) is 17.4 Å². The van der Waals surface area contributed by atoms with Gasteiger partial charge in [-0.1, -0.05) is 11.6 Å². The van der Waals surface area contributed by atoms with Gasteiger partial charge in [0.2, 0.25) is 11.8 Å². The van der Waals surface area contributed by atoms with E-state index in [1.807, 2.05) is 19.1 Å². The van der Waals surface area contributed by atoms with Gasteiger partial charge in [0.1, 0.15) is 25.5 Å². The fraction of sp³-hybridized carbons (Fsp3) is 0.333. The van der Waals surface area contributed by atoms with Crippen molar-refractivity contribution in [1.82, 2.24) is 4.98 Å². The van der Waals surface area contributed by atoms with Crippen LogP contribution in [0.25, 0.3) is 0 Å². The van der Waals surface area contributed by atoms with Crippen molar-refractivity contribution in [2.45, 2.75) is 13.3 Å². The molecule has 4 rings (SSSR count). The summed E-state index contributed by atoms with van der Waals surface area (Å²) < 4.78 is 16.6. The highest BCUT2D eigenvalue weighted by Crippen LogP contribution is 2.39. The molecule has 3 heterocycles. The molecule has 0 saturated carbocycles. The maximum atomic E-state index is 12.8. The molecule has 7 heteroatoms. The van der Waals surface area contributed by atoms with Crippen LogP contribution in [0.2, 0.25) is 5.02 Å². The molecule has 1 aromatic heterocycles. The average molecular weight is 361 g/mol. The minimum absolute atomic E-state index is 0.0373. The lowest BCUT2D eigenvalue weighted by Gasteiger charge is -2.29. The Morgan fingerprint density at radius 1 is 1.20 bits per heavy atom. The minimum Gasteiger partial charge on any atom is -0.486 e. The molecule has 1 amide bonds. The van der Waals surface area contributed by atoms with Crippen LogP contribution in [0.5, 0.6) is 17.4 Å². The van der Waals surface area contributed by atoms with Crippen molar-refractivity contribution >= 4 is 23.2 Å². The third kappa shape index (κ3) is 3.09. The standard InChI is InChI=1S/C18H17ClN2O4/c1-11-6-14-18(20-10-11)25-3-2-21(14)16(22)9-12-7-13(19)17-15(8-12)23-4-5-24-17/h6-8,10H,2-5,9H2,1H3. The highest BCUT2D eigenvalue weighted by molar-refractivity contribution is 6.32.